The first-order valence-corrected chi connectivity index (χ1v) is 16.3. The van der Waals surface area contributed by atoms with Crippen molar-refractivity contribution in [3.8, 4) is 11.1 Å². The van der Waals surface area contributed by atoms with Crippen LogP contribution in [0.25, 0.3) is 11.1 Å². The van der Waals surface area contributed by atoms with Crippen LogP contribution in [0, 0.1) is 38.9 Å². The Balaban J connectivity index is 1.56. The van der Waals surface area contributed by atoms with Gasteiger partial charge in [0.25, 0.3) is 0 Å². The zero-order valence-electron chi connectivity index (χ0n) is 28.6. The van der Waals surface area contributed by atoms with Crippen LogP contribution in [0.1, 0.15) is 98.3 Å². The second-order valence-electron chi connectivity index (χ2n) is 14.9. The molecule has 3 heterocycles. The van der Waals surface area contributed by atoms with Crippen molar-refractivity contribution >= 4 is 11.7 Å². The number of anilines is 1. The maximum absolute atomic E-state index is 14.1. The standard InChI is InChI=1S/C38H50FN3O3/c1-23-24(2)31(39)13-12-29(23)21-41-17-14-27-20-28(10-11-30(27)22-41)32-25(3)40-26(4)33(35(36(43)44)45-37(5,6)7)34(32)42-18-15-38(8,9)16-19-42/h10-13,20,35H,14-19,21-22H2,1-9H3,(H,43,44). The van der Waals surface area contributed by atoms with Crippen LogP contribution in [-0.2, 0) is 29.0 Å². The Hall–Kier alpha value is -3.29. The number of carboxylic acids is 1. The second-order valence-corrected chi connectivity index (χ2v) is 14.9. The highest BCUT2D eigenvalue weighted by atomic mass is 19.1. The van der Waals surface area contributed by atoms with Gasteiger partial charge in [0, 0.05) is 55.2 Å². The van der Waals surface area contributed by atoms with Gasteiger partial charge >= 0.3 is 5.97 Å². The molecule has 1 fully saturated rings. The van der Waals surface area contributed by atoms with Crippen molar-refractivity contribution in [2.75, 3.05) is 24.5 Å². The van der Waals surface area contributed by atoms with Gasteiger partial charge in [-0.3, -0.25) is 9.88 Å². The quantitative estimate of drug-likeness (QED) is 0.289. The topological polar surface area (TPSA) is 65.9 Å². The van der Waals surface area contributed by atoms with Gasteiger partial charge in [0.2, 0.25) is 0 Å². The number of halogens is 1. The predicted octanol–water partition coefficient (Wildman–Crippen LogP) is 8.25. The molecule has 1 atom stereocenters. The molecule has 2 aliphatic heterocycles. The first-order chi connectivity index (χ1) is 21.0. The molecule has 7 heteroatoms. The summed E-state index contributed by atoms with van der Waals surface area (Å²) in [6.45, 7) is 22.3. The number of fused-ring (bicyclic) bond motifs is 1. The zero-order valence-corrected chi connectivity index (χ0v) is 28.6. The Morgan fingerprint density at radius 1 is 1.00 bits per heavy atom. The molecule has 5 rings (SSSR count). The van der Waals surface area contributed by atoms with Crippen LogP contribution in [0.3, 0.4) is 0 Å². The van der Waals surface area contributed by atoms with E-state index in [0.29, 0.717) is 11.3 Å². The molecule has 0 saturated carbocycles. The number of rotatable bonds is 7. The number of carboxylic acid groups (broad SMARTS) is 1. The highest BCUT2D eigenvalue weighted by Gasteiger charge is 2.36. The molecule has 2 aromatic carbocycles. The molecule has 1 saturated heterocycles. The molecule has 0 radical (unpaired) electrons. The number of hydrogen-bond acceptors (Lipinski definition) is 5. The molecule has 2 aliphatic rings. The van der Waals surface area contributed by atoms with E-state index in [1.54, 1.807) is 6.07 Å². The first kappa shape index (κ1) is 33.1. The summed E-state index contributed by atoms with van der Waals surface area (Å²) in [5.41, 5.74) is 10.4. The highest BCUT2D eigenvalue weighted by Crippen LogP contribution is 2.45. The Kier molecular flexibility index (Phi) is 9.18. The lowest BCUT2D eigenvalue weighted by molar-refractivity contribution is -0.160. The molecule has 6 nitrogen and oxygen atoms in total. The number of aliphatic carboxylic acids is 1. The Labute approximate surface area is 268 Å². The summed E-state index contributed by atoms with van der Waals surface area (Å²) < 4.78 is 20.3. The molecule has 242 valence electrons. The van der Waals surface area contributed by atoms with Gasteiger partial charge in [-0.15, -0.1) is 0 Å². The van der Waals surface area contributed by atoms with E-state index in [4.69, 9.17) is 9.72 Å². The Morgan fingerprint density at radius 2 is 1.69 bits per heavy atom. The van der Waals surface area contributed by atoms with Crippen molar-refractivity contribution in [2.24, 2.45) is 5.41 Å². The van der Waals surface area contributed by atoms with Crippen molar-refractivity contribution in [1.29, 1.82) is 0 Å². The summed E-state index contributed by atoms with van der Waals surface area (Å²) in [7, 11) is 0. The molecule has 1 unspecified atom stereocenters. The maximum Gasteiger partial charge on any atom is 0.337 e. The van der Waals surface area contributed by atoms with E-state index in [9.17, 15) is 14.3 Å². The van der Waals surface area contributed by atoms with Gasteiger partial charge in [0.15, 0.2) is 6.10 Å². The number of pyridine rings is 1. The van der Waals surface area contributed by atoms with E-state index in [1.165, 1.54) is 16.7 Å². The van der Waals surface area contributed by atoms with Crippen molar-refractivity contribution < 1.29 is 19.0 Å². The number of piperidine rings is 1. The third-order valence-corrected chi connectivity index (χ3v) is 9.78. The van der Waals surface area contributed by atoms with Crippen molar-refractivity contribution in [2.45, 2.75) is 106 Å². The minimum absolute atomic E-state index is 0.149. The zero-order chi connectivity index (χ0) is 32.8. The van der Waals surface area contributed by atoms with Crippen LogP contribution in [0.15, 0.2) is 30.3 Å². The molecule has 0 aliphatic carbocycles. The normalized spacial score (nSPS) is 17.7. The van der Waals surface area contributed by atoms with Gasteiger partial charge < -0.3 is 14.7 Å². The lowest BCUT2D eigenvalue weighted by Crippen LogP contribution is -2.39. The molecule has 1 N–H and O–H groups in total. The summed E-state index contributed by atoms with van der Waals surface area (Å²) in [5.74, 6) is -1.15. The fourth-order valence-electron chi connectivity index (χ4n) is 6.91. The molecule has 1 aromatic heterocycles. The lowest BCUT2D eigenvalue weighted by Gasteiger charge is -2.41. The van der Waals surface area contributed by atoms with E-state index < -0.39 is 17.7 Å². The number of aryl methyl sites for hydroxylation is 2. The van der Waals surface area contributed by atoms with E-state index in [-0.39, 0.29) is 11.2 Å². The SMILES string of the molecule is Cc1nc(C)c(C(OC(C)(C)C)C(=O)O)c(N2CCC(C)(C)CC2)c1-c1ccc2c(c1)CCN(Cc1ccc(F)c(C)c1C)C2. The second kappa shape index (κ2) is 12.5. The fraction of sp³-hybridized carbons (Fsp3) is 0.526. The first-order valence-electron chi connectivity index (χ1n) is 16.3. The molecule has 0 bridgehead atoms. The lowest BCUT2D eigenvalue weighted by atomic mass is 9.81. The summed E-state index contributed by atoms with van der Waals surface area (Å²) >= 11 is 0. The van der Waals surface area contributed by atoms with Crippen LogP contribution in [-0.4, -0.2) is 46.2 Å². The minimum atomic E-state index is -1.13. The fourth-order valence-corrected chi connectivity index (χ4v) is 6.91. The smallest absolute Gasteiger partial charge is 0.337 e. The van der Waals surface area contributed by atoms with Crippen molar-refractivity contribution in [3.63, 3.8) is 0 Å². The highest BCUT2D eigenvalue weighted by molar-refractivity contribution is 5.88. The maximum atomic E-state index is 14.1. The van der Waals surface area contributed by atoms with Gasteiger partial charge in [-0.1, -0.05) is 38.1 Å². The Bertz CT molecular complexity index is 1600. The largest absolute Gasteiger partial charge is 0.479 e. The Morgan fingerprint density at radius 3 is 2.33 bits per heavy atom. The third kappa shape index (κ3) is 7.10. The van der Waals surface area contributed by atoms with Gasteiger partial charge in [0.1, 0.15) is 5.82 Å². The van der Waals surface area contributed by atoms with Crippen LogP contribution in [0.5, 0.6) is 0 Å². The summed E-state index contributed by atoms with van der Waals surface area (Å²) in [6, 6.07) is 10.2. The van der Waals surface area contributed by atoms with Gasteiger partial charge in [-0.05, 0) is 113 Å². The van der Waals surface area contributed by atoms with Crippen LogP contribution in [0.4, 0.5) is 10.1 Å². The molecule has 0 amide bonds. The summed E-state index contributed by atoms with van der Waals surface area (Å²) in [5, 5.41) is 10.5. The molecular weight excluding hydrogens is 565 g/mol. The van der Waals surface area contributed by atoms with E-state index in [0.717, 1.165) is 85.6 Å². The van der Waals surface area contributed by atoms with Crippen molar-refractivity contribution in [1.82, 2.24) is 9.88 Å². The monoisotopic (exact) mass is 615 g/mol. The molecule has 3 aromatic rings. The number of nitrogens with zero attached hydrogens (tertiary/aromatic N) is 3. The number of ether oxygens (including phenoxy) is 1. The van der Waals surface area contributed by atoms with Gasteiger partial charge in [-0.25, -0.2) is 9.18 Å². The average Bonchev–Trinajstić information content (AvgIpc) is 2.95. The van der Waals surface area contributed by atoms with E-state index in [1.807, 2.05) is 54.5 Å². The van der Waals surface area contributed by atoms with E-state index >= 15 is 0 Å². The minimum Gasteiger partial charge on any atom is -0.479 e. The third-order valence-electron chi connectivity index (χ3n) is 9.78. The predicted molar refractivity (Wildman–Crippen MR) is 179 cm³/mol. The van der Waals surface area contributed by atoms with Crippen molar-refractivity contribution in [3.05, 3.63) is 80.9 Å². The molecule has 0 spiro atoms. The van der Waals surface area contributed by atoms with Crippen LogP contribution in [0.2, 0.25) is 0 Å². The summed E-state index contributed by atoms with van der Waals surface area (Å²) in [4.78, 5) is 22.6. The van der Waals surface area contributed by atoms with Crippen LogP contribution < -0.4 is 4.90 Å². The van der Waals surface area contributed by atoms with Gasteiger partial charge in [0.05, 0.1) is 11.3 Å². The number of benzene rings is 2. The average molecular weight is 616 g/mol. The molecule has 45 heavy (non-hydrogen) atoms. The molecular formula is C38H50FN3O3. The number of aromatic nitrogens is 1. The van der Waals surface area contributed by atoms with Crippen LogP contribution >= 0.6 is 0 Å². The van der Waals surface area contributed by atoms with Gasteiger partial charge in [-0.2, -0.15) is 0 Å². The number of hydrogen-bond donors (Lipinski definition) is 1. The summed E-state index contributed by atoms with van der Waals surface area (Å²) in [6.07, 6.45) is 1.83. The van der Waals surface area contributed by atoms with E-state index in [2.05, 4.69) is 41.8 Å². The number of carbonyl (C=O) groups is 1.